The quantitative estimate of drug-likeness (QED) is 0.730. The molecule has 0 aromatic heterocycles. The van der Waals surface area contributed by atoms with Crippen molar-refractivity contribution in [3.63, 3.8) is 0 Å². The van der Waals surface area contributed by atoms with Gasteiger partial charge >= 0.3 is 8.56 Å². The minimum Gasteiger partial charge on any atom is -0.410 e. The van der Waals surface area contributed by atoms with Crippen LogP contribution in [-0.4, -0.2) is 18.2 Å². The van der Waals surface area contributed by atoms with Crippen LogP contribution in [0, 0.1) is 0 Å². The molecule has 14 heavy (non-hydrogen) atoms. The van der Waals surface area contributed by atoms with Crippen molar-refractivity contribution in [3.8, 4) is 0 Å². The number of unbranched alkanes of at least 4 members (excludes halogenated alkanes) is 1. The van der Waals surface area contributed by atoms with Gasteiger partial charge < -0.3 is 9.59 Å². The van der Waals surface area contributed by atoms with E-state index in [9.17, 15) is 9.59 Å². The van der Waals surface area contributed by atoms with Crippen LogP contribution < -0.4 is 0 Å². The van der Waals surface area contributed by atoms with E-state index in [-0.39, 0.29) is 0 Å². The van der Waals surface area contributed by atoms with Gasteiger partial charge in [0.1, 0.15) is 0 Å². The van der Waals surface area contributed by atoms with Crippen molar-refractivity contribution in [2.75, 3.05) is 0 Å². The zero-order valence-corrected chi connectivity index (χ0v) is 9.61. The molecule has 1 rings (SSSR count). The van der Waals surface area contributed by atoms with Crippen LogP contribution >= 0.6 is 0 Å². The third-order valence-corrected chi connectivity index (χ3v) is 4.39. The van der Waals surface area contributed by atoms with Crippen LogP contribution in [0.5, 0.6) is 0 Å². The SMILES string of the molecule is CCCC[Si](O)(O)Cc1ccccc1. The van der Waals surface area contributed by atoms with Crippen molar-refractivity contribution in [2.24, 2.45) is 0 Å². The fourth-order valence-electron chi connectivity index (χ4n) is 1.47. The number of hydrogen-bond donors (Lipinski definition) is 2. The van der Waals surface area contributed by atoms with E-state index in [1.807, 2.05) is 30.3 Å². The van der Waals surface area contributed by atoms with Gasteiger partial charge in [-0.25, -0.2) is 0 Å². The summed E-state index contributed by atoms with van der Waals surface area (Å²) in [5.74, 6) is 0. The van der Waals surface area contributed by atoms with Crippen molar-refractivity contribution in [1.29, 1.82) is 0 Å². The zero-order valence-electron chi connectivity index (χ0n) is 8.61. The molecule has 0 fully saturated rings. The van der Waals surface area contributed by atoms with Crippen LogP contribution in [0.15, 0.2) is 30.3 Å². The molecule has 0 aliphatic carbocycles. The average Bonchev–Trinajstić information content (AvgIpc) is 2.16. The highest BCUT2D eigenvalue weighted by Crippen LogP contribution is 2.13. The predicted molar refractivity (Wildman–Crippen MR) is 60.1 cm³/mol. The highest BCUT2D eigenvalue weighted by molar-refractivity contribution is 6.64. The van der Waals surface area contributed by atoms with Gasteiger partial charge in [0.15, 0.2) is 0 Å². The lowest BCUT2D eigenvalue weighted by Gasteiger charge is -2.17. The Balaban J connectivity index is 2.50. The highest BCUT2D eigenvalue weighted by Gasteiger charge is 2.28. The molecule has 0 aliphatic rings. The molecule has 1 aromatic rings. The highest BCUT2D eigenvalue weighted by atomic mass is 28.4. The summed E-state index contributed by atoms with van der Waals surface area (Å²) in [4.78, 5) is 19.6. The summed E-state index contributed by atoms with van der Waals surface area (Å²) in [5.41, 5.74) is 1.03. The van der Waals surface area contributed by atoms with Crippen LogP contribution in [0.25, 0.3) is 0 Å². The van der Waals surface area contributed by atoms with E-state index < -0.39 is 8.56 Å². The van der Waals surface area contributed by atoms with Gasteiger partial charge in [-0.15, -0.1) is 0 Å². The van der Waals surface area contributed by atoms with Crippen LogP contribution in [0.1, 0.15) is 25.3 Å². The van der Waals surface area contributed by atoms with Gasteiger partial charge in [0.2, 0.25) is 0 Å². The molecule has 0 spiro atoms. The first-order valence-corrected chi connectivity index (χ1v) is 7.43. The maximum Gasteiger partial charge on any atom is 0.337 e. The number of hydrogen-bond acceptors (Lipinski definition) is 2. The fraction of sp³-hybridized carbons (Fsp3) is 0.455. The Morgan fingerprint density at radius 1 is 1.14 bits per heavy atom. The van der Waals surface area contributed by atoms with E-state index in [0.29, 0.717) is 12.1 Å². The largest absolute Gasteiger partial charge is 0.410 e. The van der Waals surface area contributed by atoms with E-state index in [1.54, 1.807) is 0 Å². The Morgan fingerprint density at radius 2 is 1.79 bits per heavy atom. The Bertz CT molecular complexity index is 259. The molecule has 1 aromatic carbocycles. The molecule has 0 unspecified atom stereocenters. The Morgan fingerprint density at radius 3 is 2.36 bits per heavy atom. The van der Waals surface area contributed by atoms with E-state index in [4.69, 9.17) is 0 Å². The van der Waals surface area contributed by atoms with E-state index in [0.717, 1.165) is 18.4 Å². The molecule has 0 saturated carbocycles. The molecular weight excluding hydrogens is 192 g/mol. The fourth-order valence-corrected chi connectivity index (χ4v) is 3.46. The monoisotopic (exact) mass is 210 g/mol. The second-order valence-corrected chi connectivity index (χ2v) is 6.57. The van der Waals surface area contributed by atoms with Crippen molar-refractivity contribution in [3.05, 3.63) is 35.9 Å². The maximum absolute atomic E-state index is 9.79. The minimum atomic E-state index is -2.97. The van der Waals surface area contributed by atoms with E-state index in [2.05, 4.69) is 6.92 Å². The van der Waals surface area contributed by atoms with Gasteiger partial charge in [-0.05, 0) is 11.6 Å². The van der Waals surface area contributed by atoms with Gasteiger partial charge in [0.05, 0.1) is 0 Å². The van der Waals surface area contributed by atoms with Gasteiger partial charge in [-0.1, -0.05) is 50.1 Å². The third kappa shape index (κ3) is 4.04. The molecule has 3 heteroatoms. The molecule has 0 amide bonds. The van der Waals surface area contributed by atoms with Crippen molar-refractivity contribution >= 4 is 8.56 Å². The van der Waals surface area contributed by atoms with Crippen molar-refractivity contribution in [2.45, 2.75) is 31.9 Å². The molecule has 0 aliphatic heterocycles. The lowest BCUT2D eigenvalue weighted by molar-refractivity contribution is 0.354. The normalized spacial score (nSPS) is 11.6. The molecule has 0 atom stereocenters. The molecule has 2 nitrogen and oxygen atoms in total. The zero-order chi connectivity index (χ0) is 10.4. The summed E-state index contributed by atoms with van der Waals surface area (Å²) in [6.07, 6.45) is 1.93. The predicted octanol–water partition coefficient (Wildman–Crippen LogP) is 2.00. The van der Waals surface area contributed by atoms with Crippen LogP contribution in [-0.2, 0) is 6.04 Å². The molecule has 0 saturated heterocycles. The van der Waals surface area contributed by atoms with Crippen molar-refractivity contribution in [1.82, 2.24) is 0 Å². The first-order valence-electron chi connectivity index (χ1n) is 5.13. The Hall–Kier alpha value is -0.643. The first kappa shape index (κ1) is 11.4. The smallest absolute Gasteiger partial charge is 0.337 e. The summed E-state index contributed by atoms with van der Waals surface area (Å²) in [6, 6.07) is 10.7. The summed E-state index contributed by atoms with van der Waals surface area (Å²) in [7, 11) is -2.97. The second-order valence-electron chi connectivity index (χ2n) is 3.75. The lowest BCUT2D eigenvalue weighted by Crippen LogP contribution is -2.37. The van der Waals surface area contributed by atoms with Crippen LogP contribution in [0.2, 0.25) is 6.04 Å². The minimum absolute atomic E-state index is 0.452. The Kier molecular flexibility index (Phi) is 4.32. The molecule has 0 heterocycles. The standard InChI is InChI=1S/C11H18O2Si/c1-2-3-9-14(12,13)10-11-7-5-4-6-8-11/h4-8,12-13H,2-3,9-10H2,1H3. The van der Waals surface area contributed by atoms with Crippen LogP contribution in [0.4, 0.5) is 0 Å². The van der Waals surface area contributed by atoms with Gasteiger partial charge in [0.25, 0.3) is 0 Å². The number of benzene rings is 1. The molecular formula is C11H18O2Si. The molecule has 0 bridgehead atoms. The topological polar surface area (TPSA) is 40.5 Å². The van der Waals surface area contributed by atoms with E-state index >= 15 is 0 Å². The summed E-state index contributed by atoms with van der Waals surface area (Å²) >= 11 is 0. The third-order valence-electron chi connectivity index (χ3n) is 2.26. The lowest BCUT2D eigenvalue weighted by atomic mass is 10.2. The molecule has 0 radical (unpaired) electrons. The number of rotatable bonds is 5. The summed E-state index contributed by atoms with van der Waals surface area (Å²) in [5, 5.41) is 0. The molecule has 78 valence electrons. The second kappa shape index (κ2) is 5.29. The Labute approximate surface area is 86.5 Å². The summed E-state index contributed by atoms with van der Waals surface area (Å²) < 4.78 is 0. The van der Waals surface area contributed by atoms with Crippen molar-refractivity contribution < 1.29 is 9.59 Å². The van der Waals surface area contributed by atoms with E-state index in [1.165, 1.54) is 0 Å². The van der Waals surface area contributed by atoms with Gasteiger partial charge in [-0.2, -0.15) is 0 Å². The molecule has 2 N–H and O–H groups in total. The van der Waals surface area contributed by atoms with Crippen LogP contribution in [0.3, 0.4) is 0 Å². The maximum atomic E-state index is 9.79. The van der Waals surface area contributed by atoms with Gasteiger partial charge in [0, 0.05) is 6.04 Å². The van der Waals surface area contributed by atoms with Gasteiger partial charge in [-0.3, -0.25) is 0 Å². The summed E-state index contributed by atoms with van der Waals surface area (Å²) in [6.45, 7) is 2.06. The first-order chi connectivity index (χ1) is 6.64. The average molecular weight is 210 g/mol.